The van der Waals surface area contributed by atoms with Gasteiger partial charge in [0, 0.05) is 0 Å². The fraction of sp³-hybridized carbons (Fsp3) is 0.778. The molecule has 0 aromatic rings. The lowest BCUT2D eigenvalue weighted by Crippen LogP contribution is -2.38. The Morgan fingerprint density at radius 2 is 1.68 bits per heavy atom. The summed E-state index contributed by atoms with van der Waals surface area (Å²) >= 11 is 0. The Labute approximate surface area is 118 Å². The Bertz CT molecular complexity index is 370. The minimum Gasteiger partial charge on any atom is -0.330 e. The van der Waals surface area contributed by atoms with Gasteiger partial charge in [-0.05, 0) is 73.7 Å². The van der Waals surface area contributed by atoms with E-state index in [0.717, 1.165) is 42.1 Å². The molecule has 6 aliphatic rings. The summed E-state index contributed by atoms with van der Waals surface area (Å²) in [7, 11) is 0. The monoisotopic (exact) mass is 259 g/mol. The van der Waals surface area contributed by atoms with Crippen molar-refractivity contribution in [3.8, 4) is 0 Å². The Morgan fingerprint density at radius 1 is 1.00 bits per heavy atom. The molecule has 1 nitrogen and oxygen atoms in total. The van der Waals surface area contributed by atoms with E-state index in [1.165, 1.54) is 25.7 Å². The van der Waals surface area contributed by atoms with E-state index < -0.39 is 0 Å². The lowest BCUT2D eigenvalue weighted by Gasteiger charge is -2.46. The van der Waals surface area contributed by atoms with E-state index >= 15 is 0 Å². The zero-order valence-electron chi connectivity index (χ0n) is 12.5. The first kappa shape index (κ1) is 13.4. The maximum absolute atomic E-state index is 5.82. The van der Waals surface area contributed by atoms with Gasteiger partial charge < -0.3 is 5.73 Å². The summed E-state index contributed by atoms with van der Waals surface area (Å²) in [4.78, 5) is 0. The molecule has 7 unspecified atom stereocenters. The fourth-order valence-corrected chi connectivity index (χ4v) is 4.80. The SMILES string of the molecule is CC(CN)CC(C)C1CC2C=CC1C1C=CC2CC1. The summed E-state index contributed by atoms with van der Waals surface area (Å²) in [5.41, 5.74) is 5.82. The van der Waals surface area contributed by atoms with Crippen LogP contribution in [0.3, 0.4) is 0 Å². The summed E-state index contributed by atoms with van der Waals surface area (Å²) in [6.07, 6.45) is 15.8. The van der Waals surface area contributed by atoms with Crippen molar-refractivity contribution >= 4 is 0 Å². The zero-order chi connectivity index (χ0) is 13.4. The van der Waals surface area contributed by atoms with Crippen molar-refractivity contribution in [2.24, 2.45) is 47.2 Å². The van der Waals surface area contributed by atoms with Crippen LogP contribution in [-0.2, 0) is 0 Å². The molecule has 0 heterocycles. The molecule has 0 amide bonds. The predicted octanol–water partition coefficient (Wildman–Crippen LogP) is 4.01. The van der Waals surface area contributed by atoms with Crippen molar-refractivity contribution in [3.05, 3.63) is 24.3 Å². The van der Waals surface area contributed by atoms with Gasteiger partial charge in [0.1, 0.15) is 0 Å². The van der Waals surface area contributed by atoms with E-state index in [0.29, 0.717) is 5.92 Å². The largest absolute Gasteiger partial charge is 0.330 e. The summed E-state index contributed by atoms with van der Waals surface area (Å²) in [6, 6.07) is 0. The quantitative estimate of drug-likeness (QED) is 0.758. The first-order valence-corrected chi connectivity index (χ1v) is 8.25. The van der Waals surface area contributed by atoms with Gasteiger partial charge in [-0.2, -0.15) is 0 Å². The van der Waals surface area contributed by atoms with Gasteiger partial charge in [-0.3, -0.25) is 0 Å². The molecule has 6 rings (SSSR count). The molecule has 2 N–H and O–H groups in total. The second kappa shape index (κ2) is 5.44. The van der Waals surface area contributed by atoms with Gasteiger partial charge in [-0.1, -0.05) is 38.2 Å². The van der Waals surface area contributed by atoms with Crippen molar-refractivity contribution in [1.82, 2.24) is 0 Å². The summed E-state index contributed by atoms with van der Waals surface area (Å²) in [6.45, 7) is 5.62. The van der Waals surface area contributed by atoms with Crippen LogP contribution >= 0.6 is 0 Å². The first-order valence-electron chi connectivity index (χ1n) is 8.25. The van der Waals surface area contributed by atoms with Crippen molar-refractivity contribution in [2.75, 3.05) is 6.54 Å². The molecule has 0 aliphatic heterocycles. The van der Waals surface area contributed by atoms with E-state index in [1.54, 1.807) is 0 Å². The van der Waals surface area contributed by atoms with Gasteiger partial charge in [0.2, 0.25) is 0 Å². The van der Waals surface area contributed by atoms with E-state index in [-0.39, 0.29) is 0 Å². The highest BCUT2D eigenvalue weighted by atomic mass is 14.5. The van der Waals surface area contributed by atoms with Crippen molar-refractivity contribution in [1.29, 1.82) is 0 Å². The van der Waals surface area contributed by atoms with E-state index in [1.807, 2.05) is 0 Å². The highest BCUT2D eigenvalue weighted by Crippen LogP contribution is 2.49. The van der Waals surface area contributed by atoms with Gasteiger partial charge >= 0.3 is 0 Å². The Morgan fingerprint density at radius 3 is 2.37 bits per heavy atom. The van der Waals surface area contributed by atoms with Gasteiger partial charge in [0.05, 0.1) is 0 Å². The molecule has 4 bridgehead atoms. The molecule has 1 heteroatoms. The molecule has 7 atom stereocenters. The van der Waals surface area contributed by atoms with E-state index in [9.17, 15) is 0 Å². The van der Waals surface area contributed by atoms with Crippen LogP contribution in [0, 0.1) is 41.4 Å². The molecule has 1 saturated carbocycles. The van der Waals surface area contributed by atoms with E-state index in [4.69, 9.17) is 5.73 Å². The van der Waals surface area contributed by atoms with Crippen molar-refractivity contribution in [3.63, 3.8) is 0 Å². The predicted molar refractivity (Wildman–Crippen MR) is 81.6 cm³/mol. The summed E-state index contributed by atoms with van der Waals surface area (Å²) < 4.78 is 0. The molecule has 0 aromatic heterocycles. The zero-order valence-corrected chi connectivity index (χ0v) is 12.5. The minimum absolute atomic E-state index is 0.677. The van der Waals surface area contributed by atoms with Crippen molar-refractivity contribution in [2.45, 2.75) is 39.5 Å². The topological polar surface area (TPSA) is 26.0 Å². The Kier molecular flexibility index (Phi) is 3.84. The first-order chi connectivity index (χ1) is 9.19. The average molecular weight is 259 g/mol. The van der Waals surface area contributed by atoms with E-state index in [2.05, 4.69) is 38.2 Å². The second-order valence-electron chi connectivity index (χ2n) is 7.37. The lowest BCUT2D eigenvalue weighted by atomic mass is 9.59. The van der Waals surface area contributed by atoms with Gasteiger partial charge in [-0.25, -0.2) is 0 Å². The van der Waals surface area contributed by atoms with Gasteiger partial charge in [-0.15, -0.1) is 0 Å². The van der Waals surface area contributed by atoms with Gasteiger partial charge in [0.25, 0.3) is 0 Å². The molecular formula is C18H29N. The molecule has 0 aromatic carbocycles. The molecule has 19 heavy (non-hydrogen) atoms. The van der Waals surface area contributed by atoms with Crippen LogP contribution in [0.5, 0.6) is 0 Å². The fourth-order valence-electron chi connectivity index (χ4n) is 4.80. The Hall–Kier alpha value is -0.560. The summed E-state index contributed by atoms with van der Waals surface area (Å²) in [5.74, 6) is 5.65. The molecule has 106 valence electrons. The average Bonchev–Trinajstić information content (AvgIpc) is 2.42. The van der Waals surface area contributed by atoms with Crippen LogP contribution in [0.2, 0.25) is 0 Å². The maximum atomic E-state index is 5.82. The molecule has 1 fully saturated rings. The molecule has 6 aliphatic carbocycles. The maximum Gasteiger partial charge on any atom is -0.00514 e. The third-order valence-electron chi connectivity index (χ3n) is 6.01. The molecular weight excluding hydrogens is 230 g/mol. The normalized spacial score (nSPS) is 43.0. The number of hydrogen-bond donors (Lipinski definition) is 1. The standard InChI is InChI=1S/C18H29N/c1-12(11-19)9-13(2)18-10-16-7-8-17(18)15-5-3-14(16)4-6-15/h3,5,7-8,12-18H,4,6,9-11,19H2,1-2H3. The third kappa shape index (κ3) is 2.54. The van der Waals surface area contributed by atoms with Crippen LogP contribution in [0.1, 0.15) is 39.5 Å². The number of hydrogen-bond acceptors (Lipinski definition) is 1. The highest BCUT2D eigenvalue weighted by molar-refractivity contribution is 5.17. The number of nitrogens with two attached hydrogens (primary N) is 1. The Balaban J connectivity index is 1.77. The van der Waals surface area contributed by atoms with Crippen LogP contribution in [0.25, 0.3) is 0 Å². The molecule has 0 radical (unpaired) electrons. The van der Waals surface area contributed by atoms with Crippen LogP contribution in [0.15, 0.2) is 24.3 Å². The minimum atomic E-state index is 0.677. The second-order valence-corrected chi connectivity index (χ2v) is 7.37. The molecule has 0 spiro atoms. The summed E-state index contributed by atoms with van der Waals surface area (Å²) in [5, 5.41) is 0. The third-order valence-corrected chi connectivity index (χ3v) is 6.01. The van der Waals surface area contributed by atoms with Crippen LogP contribution < -0.4 is 5.73 Å². The van der Waals surface area contributed by atoms with Crippen LogP contribution in [-0.4, -0.2) is 6.54 Å². The van der Waals surface area contributed by atoms with Crippen molar-refractivity contribution < 1.29 is 0 Å². The number of allylic oxidation sites excluding steroid dienone is 4. The van der Waals surface area contributed by atoms with Gasteiger partial charge in [0.15, 0.2) is 0 Å². The lowest BCUT2D eigenvalue weighted by molar-refractivity contribution is 0.120. The number of rotatable bonds is 4. The smallest absolute Gasteiger partial charge is 0.00514 e. The van der Waals surface area contributed by atoms with Crippen LogP contribution in [0.4, 0.5) is 0 Å². The highest BCUT2D eigenvalue weighted by Gasteiger charge is 2.40. The molecule has 0 saturated heterocycles.